The molecule has 0 radical (unpaired) electrons. The lowest BCUT2D eigenvalue weighted by Gasteiger charge is -2.11. The third kappa shape index (κ3) is 2.98. The highest BCUT2D eigenvalue weighted by Crippen LogP contribution is 2.65. The number of anilines is 3. The van der Waals surface area contributed by atoms with Gasteiger partial charge in [0.15, 0.2) is 11.6 Å². The number of methoxy groups -OCH3 is 1. The molecule has 172 valence electrons. The summed E-state index contributed by atoms with van der Waals surface area (Å²) in [4.78, 5) is 22.2. The number of carbonyl (C=O) groups is 1. The second-order valence-corrected chi connectivity index (χ2v) is 9.48. The maximum atomic E-state index is 13.0. The van der Waals surface area contributed by atoms with Gasteiger partial charge in [0.25, 0.3) is 0 Å². The Morgan fingerprint density at radius 1 is 1.18 bits per heavy atom. The van der Waals surface area contributed by atoms with Crippen LogP contribution in [-0.2, 0) is 10.2 Å². The normalized spacial score (nSPS) is 20.6. The molecule has 1 saturated carbocycles. The van der Waals surface area contributed by atoms with Gasteiger partial charge in [0.1, 0.15) is 5.75 Å². The molecule has 3 N–H and O–H groups in total. The Bertz CT molecular complexity index is 1460. The average molecular weight is 455 g/mol. The fourth-order valence-corrected chi connectivity index (χ4v) is 5.02. The summed E-state index contributed by atoms with van der Waals surface area (Å²) in [7, 11) is 1.65. The largest absolute Gasteiger partial charge is 0.497 e. The molecule has 6 rings (SSSR count). The molecule has 2 aromatic heterocycles. The van der Waals surface area contributed by atoms with Crippen LogP contribution in [0.1, 0.15) is 54.6 Å². The molecule has 8 heteroatoms. The van der Waals surface area contributed by atoms with Gasteiger partial charge in [-0.1, -0.05) is 19.9 Å². The first-order chi connectivity index (χ1) is 16.4. The minimum atomic E-state index is -0.525. The van der Waals surface area contributed by atoms with Crippen LogP contribution in [-0.4, -0.2) is 33.2 Å². The van der Waals surface area contributed by atoms with Crippen LogP contribution < -0.4 is 15.4 Å². The summed E-state index contributed by atoms with van der Waals surface area (Å²) in [5.74, 6) is 2.64. The summed E-state index contributed by atoms with van der Waals surface area (Å²) < 4.78 is 5.41. The predicted octanol–water partition coefficient (Wildman–Crippen LogP) is 4.91. The summed E-state index contributed by atoms with van der Waals surface area (Å²) in [6.07, 6.45) is 2.60. The molecule has 1 aliphatic heterocycles. The van der Waals surface area contributed by atoms with Crippen LogP contribution in [0.5, 0.6) is 5.75 Å². The van der Waals surface area contributed by atoms with Crippen molar-refractivity contribution in [3.63, 3.8) is 0 Å². The van der Waals surface area contributed by atoms with Crippen molar-refractivity contribution >= 4 is 34.1 Å². The fraction of sp³-hybridized carbons (Fsp3) is 0.308. The van der Waals surface area contributed by atoms with E-state index >= 15 is 0 Å². The van der Waals surface area contributed by atoms with Gasteiger partial charge >= 0.3 is 0 Å². The highest BCUT2D eigenvalue weighted by atomic mass is 16.5. The molecule has 0 saturated heterocycles. The van der Waals surface area contributed by atoms with Crippen LogP contribution in [0, 0.1) is 6.92 Å². The molecule has 2 aliphatic rings. The third-order valence-electron chi connectivity index (χ3n) is 7.11. The molecule has 2 atom stereocenters. The Balaban J connectivity index is 1.31. The van der Waals surface area contributed by atoms with Crippen LogP contribution in [0.25, 0.3) is 10.9 Å². The number of benzene rings is 2. The van der Waals surface area contributed by atoms with Crippen molar-refractivity contribution in [3.05, 3.63) is 65.1 Å². The monoisotopic (exact) mass is 454 g/mol. The van der Waals surface area contributed by atoms with Crippen molar-refractivity contribution < 1.29 is 9.53 Å². The Morgan fingerprint density at radius 3 is 2.82 bits per heavy atom. The van der Waals surface area contributed by atoms with E-state index in [1.54, 1.807) is 7.11 Å². The molecule has 8 nitrogen and oxygen atoms in total. The number of aromatic amines is 1. The number of fused-ring (bicyclic) bond motifs is 3. The summed E-state index contributed by atoms with van der Waals surface area (Å²) >= 11 is 0. The molecule has 1 aliphatic carbocycles. The van der Waals surface area contributed by atoms with E-state index in [0.29, 0.717) is 11.6 Å². The summed E-state index contributed by atoms with van der Waals surface area (Å²) in [5, 5.41) is 15.0. The van der Waals surface area contributed by atoms with E-state index in [4.69, 9.17) is 9.72 Å². The molecule has 4 aromatic rings. The van der Waals surface area contributed by atoms with E-state index in [1.165, 1.54) is 0 Å². The lowest BCUT2D eigenvalue weighted by molar-refractivity contribution is -0.118. The maximum Gasteiger partial charge on any atom is 0.235 e. The Morgan fingerprint density at radius 2 is 2.03 bits per heavy atom. The van der Waals surface area contributed by atoms with Crippen LogP contribution in [0.3, 0.4) is 0 Å². The van der Waals surface area contributed by atoms with Gasteiger partial charge in [-0.3, -0.25) is 14.9 Å². The van der Waals surface area contributed by atoms with Crippen molar-refractivity contribution in [1.29, 1.82) is 0 Å². The summed E-state index contributed by atoms with van der Waals surface area (Å²) in [6.45, 7) is 6.12. The Hall–Kier alpha value is -3.94. The number of hydrogen-bond acceptors (Lipinski definition) is 6. The smallest absolute Gasteiger partial charge is 0.235 e. The van der Waals surface area contributed by atoms with Gasteiger partial charge < -0.3 is 15.4 Å². The number of nitrogens with zero attached hydrogens (tertiary/aromatic N) is 3. The highest BCUT2D eigenvalue weighted by Gasteiger charge is 2.65. The van der Waals surface area contributed by atoms with Crippen molar-refractivity contribution in [2.75, 3.05) is 17.7 Å². The van der Waals surface area contributed by atoms with Gasteiger partial charge in [0, 0.05) is 23.2 Å². The van der Waals surface area contributed by atoms with Crippen molar-refractivity contribution in [2.24, 2.45) is 0 Å². The first kappa shape index (κ1) is 20.7. The number of hydrogen-bond donors (Lipinski definition) is 3. The van der Waals surface area contributed by atoms with E-state index in [9.17, 15) is 4.79 Å². The number of amides is 1. The van der Waals surface area contributed by atoms with Gasteiger partial charge in [-0.15, -0.1) is 0 Å². The van der Waals surface area contributed by atoms with Gasteiger partial charge in [-0.25, -0.2) is 4.98 Å². The lowest BCUT2D eigenvalue weighted by Crippen LogP contribution is -2.21. The first-order valence-corrected chi connectivity index (χ1v) is 11.5. The minimum Gasteiger partial charge on any atom is -0.497 e. The van der Waals surface area contributed by atoms with Crippen LogP contribution in [0.15, 0.2) is 42.6 Å². The number of nitrogens with one attached hydrogen (secondary N) is 3. The zero-order chi connectivity index (χ0) is 23.6. The molecular weight excluding hydrogens is 428 g/mol. The summed E-state index contributed by atoms with van der Waals surface area (Å²) in [5.41, 5.74) is 5.15. The number of rotatable bonds is 5. The van der Waals surface area contributed by atoms with Crippen LogP contribution in [0.2, 0.25) is 0 Å². The molecule has 2 aromatic carbocycles. The summed E-state index contributed by atoms with van der Waals surface area (Å²) in [6, 6.07) is 12.0. The van der Waals surface area contributed by atoms with E-state index in [1.807, 2.05) is 31.3 Å². The number of ether oxygens (including phenoxy) is 1. The minimum absolute atomic E-state index is 0.0619. The maximum absolute atomic E-state index is 13.0. The molecular formula is C26H26N6O2. The molecule has 3 heterocycles. The number of H-pyrrole nitrogens is 1. The van der Waals surface area contributed by atoms with E-state index in [2.05, 4.69) is 57.9 Å². The Kier molecular flexibility index (Phi) is 4.42. The molecule has 34 heavy (non-hydrogen) atoms. The second-order valence-electron chi connectivity index (χ2n) is 9.48. The molecule has 1 amide bonds. The van der Waals surface area contributed by atoms with Crippen molar-refractivity contribution in [3.8, 4) is 5.75 Å². The average Bonchev–Trinajstić information content (AvgIpc) is 3.38. The molecule has 1 fully saturated rings. The second kappa shape index (κ2) is 7.28. The van der Waals surface area contributed by atoms with Gasteiger partial charge in [0.2, 0.25) is 5.91 Å². The SMILES string of the molecule is COc1ccc2c(c1)[C@]1(C[C@H]1c1ccc3c(Nc4nc(C(C)C)cnc4C)n[nH]c3c1)C(=O)N2. The van der Waals surface area contributed by atoms with Gasteiger partial charge in [-0.05, 0) is 60.7 Å². The fourth-order valence-electron chi connectivity index (χ4n) is 5.02. The third-order valence-corrected chi connectivity index (χ3v) is 7.11. The number of aromatic nitrogens is 4. The zero-order valence-electron chi connectivity index (χ0n) is 19.6. The molecule has 1 spiro atoms. The topological polar surface area (TPSA) is 105 Å². The highest BCUT2D eigenvalue weighted by molar-refractivity contribution is 6.10. The van der Waals surface area contributed by atoms with Crippen LogP contribution >= 0.6 is 0 Å². The molecule has 0 bridgehead atoms. The van der Waals surface area contributed by atoms with E-state index < -0.39 is 5.41 Å². The van der Waals surface area contributed by atoms with Crippen LogP contribution in [0.4, 0.5) is 17.3 Å². The van der Waals surface area contributed by atoms with Gasteiger partial charge in [0.05, 0.1) is 29.4 Å². The van der Waals surface area contributed by atoms with E-state index in [0.717, 1.165) is 51.3 Å². The van der Waals surface area contributed by atoms with Gasteiger partial charge in [-0.2, -0.15) is 5.10 Å². The lowest BCUT2D eigenvalue weighted by atomic mass is 9.91. The molecule has 0 unspecified atom stereocenters. The zero-order valence-corrected chi connectivity index (χ0v) is 19.6. The van der Waals surface area contributed by atoms with Crippen molar-refractivity contribution in [1.82, 2.24) is 20.2 Å². The first-order valence-electron chi connectivity index (χ1n) is 11.5. The number of aryl methyl sites for hydroxylation is 1. The quantitative estimate of drug-likeness (QED) is 0.396. The van der Waals surface area contributed by atoms with Crippen molar-refractivity contribution in [2.45, 2.75) is 44.4 Å². The standard InChI is InChI=1S/C26H26N6O2/c1-13(2)22-12-27-14(3)23(28-22)30-24-17-7-5-15(9-21(17)31-32-24)19-11-26(19)18-10-16(34-4)6-8-20(18)29-25(26)33/h5-10,12-13,19H,11H2,1-4H3,(H,29,33)(H2,28,30,31,32)/t19-,26-/m0/s1. The Labute approximate surface area is 197 Å². The predicted molar refractivity (Wildman–Crippen MR) is 131 cm³/mol. The van der Waals surface area contributed by atoms with E-state index in [-0.39, 0.29) is 17.7 Å². The number of carbonyl (C=O) groups excluding carboxylic acids is 1.